The Morgan fingerprint density at radius 3 is 0.452 bits per heavy atom. The molecule has 12 aromatic carbocycles. The van der Waals surface area contributed by atoms with Gasteiger partial charge in [-0.05, 0) is 119 Å². The molecule has 12 aromatic rings. The third-order valence-corrected chi connectivity index (χ3v) is 15.4. The molecule has 0 aliphatic carbocycles. The lowest BCUT2D eigenvalue weighted by Gasteiger charge is -2.45. The molecule has 12 rings (SSSR count). The van der Waals surface area contributed by atoms with Gasteiger partial charge in [0.25, 0.3) is 0 Å². The van der Waals surface area contributed by atoms with Crippen LogP contribution in [-0.2, 0) is 0 Å². The highest BCUT2D eigenvalue weighted by Crippen LogP contribution is 2.41. The van der Waals surface area contributed by atoms with Gasteiger partial charge >= 0.3 is 0 Å². The quantitative estimate of drug-likeness (QED) is 0.0549. The SMILES string of the molecule is Fc1c(F)c([B-](c2c(F)c(F)c(-c3ccc(Oc4ccccc4)cc3)c(F)c2F)(c2c(F)c(F)c(-c3ccc(Oc4ccccc4)cc3)c(F)c2F)c2c(F)c(F)c(-c3ccc(Oc4ccccc4)cc3)c(F)c2F)c(F)c(F)c1-c1ccc(Oc2ccccc2)cc1. The van der Waals surface area contributed by atoms with E-state index in [1.165, 1.54) is 48.5 Å². The van der Waals surface area contributed by atoms with Crippen molar-refractivity contribution in [3.63, 3.8) is 0 Å². The van der Waals surface area contributed by atoms with Gasteiger partial charge in [-0.2, -0.15) is 0 Å². The Bertz CT molecular complexity index is 4090. The van der Waals surface area contributed by atoms with E-state index in [0.29, 0.717) is 0 Å². The average molecular weight is 1280 g/mol. The van der Waals surface area contributed by atoms with Crippen LogP contribution >= 0.6 is 0 Å². The van der Waals surface area contributed by atoms with Crippen molar-refractivity contribution in [1.82, 2.24) is 0 Å². The van der Waals surface area contributed by atoms with Crippen LogP contribution in [0.4, 0.5) is 70.2 Å². The van der Waals surface area contributed by atoms with Gasteiger partial charge in [-0.3, -0.25) is 0 Å². The molecule has 0 saturated heterocycles. The molecule has 0 unspecified atom stereocenters. The molecule has 464 valence electrons. The average Bonchev–Trinajstić information content (AvgIpc) is 0.680. The van der Waals surface area contributed by atoms with Crippen molar-refractivity contribution in [2.75, 3.05) is 0 Å². The van der Waals surface area contributed by atoms with Crippen molar-refractivity contribution in [2.45, 2.75) is 0 Å². The number of benzene rings is 12. The van der Waals surface area contributed by atoms with Crippen LogP contribution in [0.25, 0.3) is 44.5 Å². The van der Waals surface area contributed by atoms with E-state index >= 15 is 70.2 Å². The topological polar surface area (TPSA) is 36.9 Å². The molecule has 0 N–H and O–H groups in total. The second-order valence-corrected chi connectivity index (χ2v) is 20.8. The standard InChI is InChI=1S/C72H36BF16O4/c74-57-49(37-21-29-45(30-22-37)90-41-13-5-1-6-14-41)58(75)66(83)53(65(57)82)73(54-67(84)59(76)50(60(77)68(54)85)38-23-31-46(32-24-38)91-42-15-7-2-8-16-42,55-69(86)61(78)51(62(79)70(55)87)39-25-33-47(34-26-39)92-43-17-9-3-10-18-43)56-71(88)63(80)52(64(81)72(56)89)40-27-35-48(36-28-40)93-44-19-11-4-12-20-44/h1-36H/q-1. The molecule has 0 heterocycles. The van der Waals surface area contributed by atoms with Crippen molar-refractivity contribution in [2.24, 2.45) is 0 Å². The van der Waals surface area contributed by atoms with Gasteiger partial charge < -0.3 is 18.9 Å². The smallest absolute Gasteiger partial charge is 0.166 e. The molecule has 0 saturated carbocycles. The largest absolute Gasteiger partial charge is 0.457 e. The molecule has 4 nitrogen and oxygen atoms in total. The highest BCUT2D eigenvalue weighted by atomic mass is 19.2. The van der Waals surface area contributed by atoms with Crippen LogP contribution in [0, 0.1) is 93.1 Å². The molecule has 0 aliphatic heterocycles. The summed E-state index contributed by atoms with van der Waals surface area (Å²) < 4.78 is 308. The van der Waals surface area contributed by atoms with E-state index in [9.17, 15) is 0 Å². The molecule has 0 bridgehead atoms. The Hall–Kier alpha value is -11.2. The minimum atomic E-state index is -7.08. The van der Waals surface area contributed by atoms with Crippen molar-refractivity contribution in [1.29, 1.82) is 0 Å². The normalized spacial score (nSPS) is 11.4. The van der Waals surface area contributed by atoms with Crippen LogP contribution in [0.5, 0.6) is 46.0 Å². The molecule has 0 aromatic heterocycles. The second kappa shape index (κ2) is 25.2. The molecule has 0 fully saturated rings. The predicted molar refractivity (Wildman–Crippen MR) is 317 cm³/mol. The number of hydrogen-bond acceptors (Lipinski definition) is 4. The minimum absolute atomic E-state index is 0.0922. The monoisotopic (exact) mass is 1280 g/mol. The molecule has 0 spiro atoms. The third-order valence-electron chi connectivity index (χ3n) is 15.4. The molecular weight excluding hydrogens is 1240 g/mol. The number of halogens is 16. The van der Waals surface area contributed by atoms with Gasteiger partial charge in [0.2, 0.25) is 0 Å². The Balaban J connectivity index is 1.17. The van der Waals surface area contributed by atoms with Crippen LogP contribution in [0.3, 0.4) is 0 Å². The summed E-state index contributed by atoms with van der Waals surface area (Å²) in [7, 11) is 0. The van der Waals surface area contributed by atoms with Gasteiger partial charge in [0.15, 0.2) is 46.5 Å². The first-order valence-corrected chi connectivity index (χ1v) is 27.7. The Kier molecular flexibility index (Phi) is 16.8. The van der Waals surface area contributed by atoms with E-state index in [1.807, 2.05) is 0 Å². The van der Waals surface area contributed by atoms with Gasteiger partial charge in [-0.25, -0.2) is 70.2 Å². The summed E-state index contributed by atoms with van der Waals surface area (Å²) in [6.07, 6.45) is -7.08. The summed E-state index contributed by atoms with van der Waals surface area (Å²) in [5.41, 5.74) is -23.4. The maximum absolute atomic E-state index is 18.2. The predicted octanol–water partition coefficient (Wildman–Crippen LogP) is 19.1. The van der Waals surface area contributed by atoms with Crippen molar-refractivity contribution >= 4 is 28.0 Å². The number of para-hydroxylation sites is 4. The first-order valence-electron chi connectivity index (χ1n) is 27.7. The summed E-state index contributed by atoms with van der Waals surface area (Å²) in [4.78, 5) is 0. The molecule has 0 amide bonds. The molecule has 0 atom stereocenters. The van der Waals surface area contributed by atoms with Gasteiger partial charge in [-0.15, -0.1) is 21.9 Å². The van der Waals surface area contributed by atoms with E-state index < -0.39 is 166 Å². The fourth-order valence-corrected chi connectivity index (χ4v) is 11.3. The van der Waals surface area contributed by atoms with Crippen molar-refractivity contribution < 1.29 is 89.2 Å². The lowest BCUT2D eigenvalue weighted by atomic mass is 9.12. The second-order valence-electron chi connectivity index (χ2n) is 20.8. The van der Waals surface area contributed by atoms with Crippen molar-refractivity contribution in [3.05, 3.63) is 311 Å². The highest BCUT2D eigenvalue weighted by molar-refractivity contribution is 7.20. The summed E-state index contributed by atoms with van der Waals surface area (Å²) >= 11 is 0. The zero-order valence-electron chi connectivity index (χ0n) is 47.0. The first kappa shape index (κ1) is 62.0. The molecule has 93 heavy (non-hydrogen) atoms. The Morgan fingerprint density at radius 2 is 0.301 bits per heavy atom. The van der Waals surface area contributed by atoms with E-state index in [0.717, 1.165) is 97.1 Å². The fraction of sp³-hybridized carbons (Fsp3) is 0. The van der Waals surface area contributed by atoms with Gasteiger partial charge in [0.1, 0.15) is 98.7 Å². The van der Waals surface area contributed by atoms with E-state index in [-0.39, 0.29) is 46.0 Å². The van der Waals surface area contributed by atoms with Crippen LogP contribution in [0.1, 0.15) is 0 Å². The van der Waals surface area contributed by atoms with Crippen LogP contribution in [0.2, 0.25) is 0 Å². The Morgan fingerprint density at radius 1 is 0.161 bits per heavy atom. The maximum atomic E-state index is 18.2. The summed E-state index contributed by atoms with van der Waals surface area (Å²) in [5.74, 6) is -47.8. The first-order chi connectivity index (χ1) is 44.8. The number of ether oxygens (including phenoxy) is 4. The molecule has 0 radical (unpaired) electrons. The lowest BCUT2D eigenvalue weighted by Crippen LogP contribution is -2.81. The van der Waals surface area contributed by atoms with Crippen molar-refractivity contribution in [3.8, 4) is 90.5 Å². The summed E-state index contributed by atoms with van der Waals surface area (Å²) in [5, 5.41) is 0. The number of rotatable bonds is 16. The van der Waals surface area contributed by atoms with Gasteiger partial charge in [0, 0.05) is 0 Å². The van der Waals surface area contributed by atoms with Gasteiger partial charge in [-0.1, -0.05) is 121 Å². The zero-order chi connectivity index (χ0) is 65.6. The van der Waals surface area contributed by atoms with Crippen LogP contribution in [0.15, 0.2) is 218 Å². The van der Waals surface area contributed by atoms with Crippen LogP contribution in [-0.4, -0.2) is 6.15 Å². The summed E-state index contributed by atoms with van der Waals surface area (Å²) in [6, 6.07) is 44.9. The lowest BCUT2D eigenvalue weighted by molar-refractivity contribution is 0.456. The summed E-state index contributed by atoms with van der Waals surface area (Å²) in [6.45, 7) is 0. The third kappa shape index (κ3) is 11.1. The van der Waals surface area contributed by atoms with E-state index in [1.54, 1.807) is 72.8 Å². The maximum Gasteiger partial charge on any atom is 0.166 e. The highest BCUT2D eigenvalue weighted by Gasteiger charge is 2.52. The van der Waals surface area contributed by atoms with Crippen LogP contribution < -0.4 is 40.8 Å². The van der Waals surface area contributed by atoms with E-state index in [4.69, 9.17) is 18.9 Å². The molecule has 0 aliphatic rings. The molecular formula is C72H36BF16O4-. The minimum Gasteiger partial charge on any atom is -0.457 e. The van der Waals surface area contributed by atoms with Gasteiger partial charge in [0.05, 0.1) is 22.3 Å². The zero-order valence-corrected chi connectivity index (χ0v) is 47.0. The van der Waals surface area contributed by atoms with E-state index in [2.05, 4.69) is 0 Å². The Labute approximate surface area is 517 Å². The fourth-order valence-electron chi connectivity index (χ4n) is 11.3. The molecule has 21 heteroatoms. The number of hydrogen-bond donors (Lipinski definition) is 0.